The van der Waals surface area contributed by atoms with Crippen LogP contribution in [-0.4, -0.2) is 14.8 Å². The van der Waals surface area contributed by atoms with Gasteiger partial charge in [0, 0.05) is 11.9 Å². The van der Waals surface area contributed by atoms with Crippen molar-refractivity contribution in [1.82, 2.24) is 14.8 Å². The largest absolute Gasteiger partial charge is 0.375 e. The summed E-state index contributed by atoms with van der Waals surface area (Å²) in [4.78, 5) is 4.17. The van der Waals surface area contributed by atoms with Crippen LogP contribution < -0.4 is 5.73 Å². The van der Waals surface area contributed by atoms with Gasteiger partial charge in [0.25, 0.3) is 0 Å². The molecule has 2 N–H and O–H groups in total. The number of aromatic nitrogens is 3. The molecule has 0 saturated carbocycles. The number of aryl methyl sites for hydroxylation is 1. The molecule has 2 aromatic rings. The zero-order chi connectivity index (χ0) is 10.1. The molecule has 0 saturated heterocycles. The minimum Gasteiger partial charge on any atom is -0.375 e. The van der Waals surface area contributed by atoms with Crippen LogP contribution in [0.3, 0.4) is 0 Å². The number of rotatable bonds is 2. The maximum Gasteiger partial charge on any atom is 0.180 e. The van der Waals surface area contributed by atoms with Crippen LogP contribution >= 0.6 is 22.9 Å². The molecule has 0 spiro atoms. The fraction of sp³-hybridized carbons (Fsp3) is 0.250. The summed E-state index contributed by atoms with van der Waals surface area (Å²) in [5.41, 5.74) is 7.18. The number of hydrogen-bond donors (Lipinski definition) is 1. The minimum atomic E-state index is 0.542. The molecular formula is C8H9ClN4S. The van der Waals surface area contributed by atoms with E-state index in [-0.39, 0.29) is 0 Å². The third-order valence-electron chi connectivity index (χ3n) is 1.86. The van der Waals surface area contributed by atoms with Gasteiger partial charge in [-0.25, -0.2) is 4.98 Å². The summed E-state index contributed by atoms with van der Waals surface area (Å²) in [7, 11) is 0. The SMILES string of the molecule is CCn1ncc(Cl)c1-c1csc(N)n1. The highest BCUT2D eigenvalue weighted by Gasteiger charge is 2.12. The number of hydrogen-bond acceptors (Lipinski definition) is 4. The standard InChI is InChI=1S/C8H9ClN4S/c1-2-13-7(5(9)3-11-13)6-4-14-8(10)12-6/h3-4H,2H2,1H3,(H2,10,12). The van der Waals surface area contributed by atoms with Crippen molar-refractivity contribution in [3.05, 3.63) is 16.6 Å². The van der Waals surface area contributed by atoms with Gasteiger partial charge in [-0.15, -0.1) is 11.3 Å². The average molecular weight is 229 g/mol. The first-order chi connectivity index (χ1) is 6.72. The Morgan fingerprint density at radius 2 is 2.43 bits per heavy atom. The molecule has 0 radical (unpaired) electrons. The number of thiazole rings is 1. The molecule has 0 aromatic carbocycles. The lowest BCUT2D eigenvalue weighted by atomic mass is 10.3. The summed E-state index contributed by atoms with van der Waals surface area (Å²) in [6.07, 6.45) is 1.62. The minimum absolute atomic E-state index is 0.542. The Hall–Kier alpha value is -1.07. The Bertz CT molecular complexity index is 448. The second-order valence-electron chi connectivity index (χ2n) is 2.73. The quantitative estimate of drug-likeness (QED) is 0.858. The van der Waals surface area contributed by atoms with Crippen molar-refractivity contribution >= 4 is 28.1 Å². The van der Waals surface area contributed by atoms with E-state index in [4.69, 9.17) is 17.3 Å². The van der Waals surface area contributed by atoms with E-state index in [0.29, 0.717) is 10.2 Å². The summed E-state index contributed by atoms with van der Waals surface area (Å²) in [6.45, 7) is 2.77. The lowest BCUT2D eigenvalue weighted by Gasteiger charge is -2.01. The smallest absolute Gasteiger partial charge is 0.180 e. The molecule has 0 fully saturated rings. The Balaban J connectivity index is 2.54. The molecule has 0 unspecified atom stereocenters. The Morgan fingerprint density at radius 1 is 1.64 bits per heavy atom. The zero-order valence-corrected chi connectivity index (χ0v) is 9.14. The third kappa shape index (κ3) is 1.49. The molecule has 0 aliphatic heterocycles. The van der Waals surface area contributed by atoms with Crippen molar-refractivity contribution in [1.29, 1.82) is 0 Å². The number of nitrogens with zero attached hydrogens (tertiary/aromatic N) is 3. The van der Waals surface area contributed by atoms with Crippen molar-refractivity contribution in [3.8, 4) is 11.4 Å². The van der Waals surface area contributed by atoms with Gasteiger partial charge < -0.3 is 5.73 Å². The van der Waals surface area contributed by atoms with Crippen LogP contribution in [0.25, 0.3) is 11.4 Å². The average Bonchev–Trinajstić information content (AvgIpc) is 2.71. The highest BCUT2D eigenvalue weighted by Crippen LogP contribution is 2.29. The number of anilines is 1. The van der Waals surface area contributed by atoms with E-state index in [1.807, 2.05) is 12.3 Å². The Morgan fingerprint density at radius 3 is 3.00 bits per heavy atom. The van der Waals surface area contributed by atoms with Crippen LogP contribution in [0.2, 0.25) is 5.02 Å². The van der Waals surface area contributed by atoms with E-state index < -0.39 is 0 Å². The first-order valence-electron chi connectivity index (χ1n) is 4.15. The van der Waals surface area contributed by atoms with E-state index in [0.717, 1.165) is 17.9 Å². The molecule has 2 aromatic heterocycles. The Labute approximate surface area is 90.3 Å². The molecule has 6 heteroatoms. The molecule has 14 heavy (non-hydrogen) atoms. The Kier molecular flexibility index (Phi) is 2.43. The highest BCUT2D eigenvalue weighted by atomic mass is 35.5. The second-order valence-corrected chi connectivity index (χ2v) is 4.02. The number of halogens is 1. The van der Waals surface area contributed by atoms with Crippen LogP contribution in [0.5, 0.6) is 0 Å². The lowest BCUT2D eigenvalue weighted by Crippen LogP contribution is -1.99. The number of nitrogen functional groups attached to an aromatic ring is 1. The molecule has 0 aliphatic rings. The van der Waals surface area contributed by atoms with Crippen LogP contribution in [0, 0.1) is 0 Å². The van der Waals surface area contributed by atoms with Crippen LogP contribution in [0.1, 0.15) is 6.92 Å². The van der Waals surface area contributed by atoms with Gasteiger partial charge in [0.2, 0.25) is 0 Å². The summed E-state index contributed by atoms with van der Waals surface area (Å²) < 4.78 is 1.80. The van der Waals surface area contributed by atoms with Gasteiger partial charge in [0.1, 0.15) is 11.4 Å². The van der Waals surface area contributed by atoms with Crippen LogP contribution in [0.4, 0.5) is 5.13 Å². The monoisotopic (exact) mass is 228 g/mol. The molecule has 0 aliphatic carbocycles. The predicted molar refractivity (Wildman–Crippen MR) is 58.4 cm³/mol. The van der Waals surface area contributed by atoms with Crippen LogP contribution in [0.15, 0.2) is 11.6 Å². The van der Waals surface area contributed by atoms with Gasteiger partial charge in [-0.3, -0.25) is 4.68 Å². The van der Waals surface area contributed by atoms with Crippen molar-refractivity contribution in [2.45, 2.75) is 13.5 Å². The van der Waals surface area contributed by atoms with E-state index >= 15 is 0 Å². The van der Waals surface area contributed by atoms with Crippen LogP contribution in [-0.2, 0) is 6.54 Å². The van der Waals surface area contributed by atoms with E-state index in [2.05, 4.69) is 10.1 Å². The molecule has 2 heterocycles. The summed E-state index contributed by atoms with van der Waals surface area (Å²) in [5, 5.41) is 7.16. The summed E-state index contributed by atoms with van der Waals surface area (Å²) in [5.74, 6) is 0. The summed E-state index contributed by atoms with van der Waals surface area (Å²) in [6, 6.07) is 0. The van der Waals surface area contributed by atoms with Gasteiger partial charge >= 0.3 is 0 Å². The first kappa shape index (κ1) is 9.48. The van der Waals surface area contributed by atoms with Crippen molar-refractivity contribution in [2.75, 3.05) is 5.73 Å². The molecule has 0 amide bonds. The molecule has 0 bridgehead atoms. The van der Waals surface area contributed by atoms with Gasteiger partial charge in [0.15, 0.2) is 5.13 Å². The molecular weight excluding hydrogens is 220 g/mol. The molecule has 74 valence electrons. The van der Waals surface area contributed by atoms with Crippen molar-refractivity contribution in [2.24, 2.45) is 0 Å². The fourth-order valence-corrected chi connectivity index (χ4v) is 2.04. The lowest BCUT2D eigenvalue weighted by molar-refractivity contribution is 0.666. The molecule has 4 nitrogen and oxygen atoms in total. The summed E-state index contributed by atoms with van der Waals surface area (Å²) >= 11 is 7.41. The predicted octanol–water partition coefficient (Wildman–Crippen LogP) is 2.26. The zero-order valence-electron chi connectivity index (χ0n) is 7.57. The third-order valence-corrected chi connectivity index (χ3v) is 2.81. The molecule has 0 atom stereocenters. The first-order valence-corrected chi connectivity index (χ1v) is 5.40. The van der Waals surface area contributed by atoms with Gasteiger partial charge in [-0.05, 0) is 6.92 Å². The molecule has 2 rings (SSSR count). The fourth-order valence-electron chi connectivity index (χ4n) is 1.25. The second kappa shape index (κ2) is 3.59. The van der Waals surface area contributed by atoms with Gasteiger partial charge in [0.05, 0.1) is 11.2 Å². The number of nitrogens with two attached hydrogens (primary N) is 1. The van der Waals surface area contributed by atoms with Gasteiger partial charge in [-0.1, -0.05) is 11.6 Å². The van der Waals surface area contributed by atoms with E-state index in [1.165, 1.54) is 11.3 Å². The van der Waals surface area contributed by atoms with E-state index in [9.17, 15) is 0 Å². The maximum absolute atomic E-state index is 6.01. The van der Waals surface area contributed by atoms with Gasteiger partial charge in [-0.2, -0.15) is 5.10 Å². The van der Waals surface area contributed by atoms with Crippen molar-refractivity contribution in [3.63, 3.8) is 0 Å². The normalized spacial score (nSPS) is 10.7. The maximum atomic E-state index is 6.01. The highest BCUT2D eigenvalue weighted by molar-refractivity contribution is 7.13. The van der Waals surface area contributed by atoms with Crippen molar-refractivity contribution < 1.29 is 0 Å². The van der Waals surface area contributed by atoms with E-state index in [1.54, 1.807) is 10.9 Å². The topological polar surface area (TPSA) is 56.7 Å².